The zero-order valence-corrected chi connectivity index (χ0v) is 11.4. The highest BCUT2D eigenvalue weighted by Gasteiger charge is 2.32. The molecule has 0 aliphatic rings. The molecular weight excluding hydrogens is 258 g/mol. The third-order valence-electron chi connectivity index (χ3n) is 3.07. The molecule has 0 atom stereocenters. The number of alkyl halides is 2. The first-order valence-electron chi connectivity index (χ1n) is 6.44. The SMILES string of the molecule is CN(Cc1cccc(N)c1)CC(F)(F)c1ccccc1. The summed E-state index contributed by atoms with van der Waals surface area (Å²) in [7, 11) is 1.68. The summed E-state index contributed by atoms with van der Waals surface area (Å²) in [5.41, 5.74) is 7.30. The summed E-state index contributed by atoms with van der Waals surface area (Å²) in [6, 6.07) is 15.2. The maximum atomic E-state index is 14.1. The molecule has 2 nitrogen and oxygen atoms in total. The van der Waals surface area contributed by atoms with Crippen molar-refractivity contribution in [1.29, 1.82) is 0 Å². The van der Waals surface area contributed by atoms with E-state index in [0.29, 0.717) is 12.2 Å². The quantitative estimate of drug-likeness (QED) is 0.847. The summed E-state index contributed by atoms with van der Waals surface area (Å²) in [6.07, 6.45) is 0. The number of hydrogen-bond donors (Lipinski definition) is 1. The van der Waals surface area contributed by atoms with Crippen LogP contribution in [0.25, 0.3) is 0 Å². The molecule has 0 aliphatic carbocycles. The van der Waals surface area contributed by atoms with Gasteiger partial charge in [-0.1, -0.05) is 42.5 Å². The molecule has 0 saturated carbocycles. The molecule has 2 aromatic rings. The highest BCUT2D eigenvalue weighted by Crippen LogP contribution is 2.28. The molecule has 106 valence electrons. The van der Waals surface area contributed by atoms with Gasteiger partial charge in [-0.25, -0.2) is 0 Å². The molecule has 2 aromatic carbocycles. The average Bonchev–Trinajstić information content (AvgIpc) is 2.39. The Kier molecular flexibility index (Phi) is 4.35. The van der Waals surface area contributed by atoms with Crippen molar-refractivity contribution < 1.29 is 8.78 Å². The fraction of sp³-hybridized carbons (Fsp3) is 0.250. The molecule has 20 heavy (non-hydrogen) atoms. The number of halogens is 2. The van der Waals surface area contributed by atoms with Gasteiger partial charge < -0.3 is 5.73 Å². The van der Waals surface area contributed by atoms with Gasteiger partial charge in [-0.2, -0.15) is 8.78 Å². The number of nitrogen functional groups attached to an aromatic ring is 1. The zero-order valence-electron chi connectivity index (χ0n) is 11.4. The molecule has 0 fully saturated rings. The summed E-state index contributed by atoms with van der Waals surface area (Å²) in [4.78, 5) is 1.60. The third kappa shape index (κ3) is 3.78. The van der Waals surface area contributed by atoms with Crippen LogP contribution in [0.15, 0.2) is 54.6 Å². The molecule has 2 N–H and O–H groups in total. The second-order valence-electron chi connectivity index (χ2n) is 4.99. The first-order chi connectivity index (χ1) is 9.47. The van der Waals surface area contributed by atoms with Crippen LogP contribution in [0.4, 0.5) is 14.5 Å². The Morgan fingerprint density at radius 2 is 1.75 bits per heavy atom. The molecule has 0 aliphatic heterocycles. The third-order valence-corrected chi connectivity index (χ3v) is 3.07. The molecule has 0 aromatic heterocycles. The maximum absolute atomic E-state index is 14.1. The molecule has 0 amide bonds. The lowest BCUT2D eigenvalue weighted by molar-refractivity contribution is -0.0338. The molecule has 0 heterocycles. The Bertz CT molecular complexity index is 555. The van der Waals surface area contributed by atoms with E-state index in [0.717, 1.165) is 5.56 Å². The molecule has 0 spiro atoms. The fourth-order valence-corrected chi connectivity index (χ4v) is 2.17. The number of likely N-dealkylation sites (N-methyl/N-ethyl adjacent to an activating group) is 1. The second kappa shape index (κ2) is 6.01. The Labute approximate surface area is 117 Å². The number of hydrogen-bond acceptors (Lipinski definition) is 2. The Morgan fingerprint density at radius 1 is 1.05 bits per heavy atom. The van der Waals surface area contributed by atoms with Crippen LogP contribution in [-0.4, -0.2) is 18.5 Å². The van der Waals surface area contributed by atoms with E-state index >= 15 is 0 Å². The maximum Gasteiger partial charge on any atom is 0.285 e. The van der Waals surface area contributed by atoms with E-state index in [4.69, 9.17) is 5.73 Å². The van der Waals surface area contributed by atoms with E-state index in [1.807, 2.05) is 12.1 Å². The van der Waals surface area contributed by atoms with Gasteiger partial charge in [0.1, 0.15) is 0 Å². The van der Waals surface area contributed by atoms with Crippen LogP contribution in [-0.2, 0) is 12.5 Å². The van der Waals surface area contributed by atoms with Crippen LogP contribution in [0.3, 0.4) is 0 Å². The van der Waals surface area contributed by atoms with Crippen LogP contribution in [0.2, 0.25) is 0 Å². The van der Waals surface area contributed by atoms with Gasteiger partial charge >= 0.3 is 0 Å². The lowest BCUT2D eigenvalue weighted by Gasteiger charge is -2.24. The number of rotatable bonds is 5. The second-order valence-corrected chi connectivity index (χ2v) is 4.99. The van der Waals surface area contributed by atoms with Crippen molar-refractivity contribution in [1.82, 2.24) is 4.90 Å². The lowest BCUT2D eigenvalue weighted by Crippen LogP contribution is -2.32. The topological polar surface area (TPSA) is 29.3 Å². The summed E-state index contributed by atoms with van der Waals surface area (Å²) in [6.45, 7) is 0.110. The Balaban J connectivity index is 2.02. The predicted octanol–water partition coefficient (Wildman–Crippen LogP) is 3.49. The molecular formula is C16H18F2N2. The smallest absolute Gasteiger partial charge is 0.285 e. The van der Waals surface area contributed by atoms with E-state index < -0.39 is 5.92 Å². The van der Waals surface area contributed by atoms with Gasteiger partial charge in [0.05, 0.1) is 6.54 Å². The molecule has 2 rings (SSSR count). The van der Waals surface area contributed by atoms with Crippen molar-refractivity contribution in [2.24, 2.45) is 0 Å². The summed E-state index contributed by atoms with van der Waals surface area (Å²) in [5.74, 6) is -2.86. The largest absolute Gasteiger partial charge is 0.399 e. The molecule has 0 saturated heterocycles. The fourth-order valence-electron chi connectivity index (χ4n) is 2.17. The zero-order chi connectivity index (χ0) is 14.6. The number of anilines is 1. The number of nitrogens with two attached hydrogens (primary N) is 1. The van der Waals surface area contributed by atoms with E-state index in [1.54, 1.807) is 42.3 Å². The molecule has 0 radical (unpaired) electrons. The van der Waals surface area contributed by atoms with Crippen molar-refractivity contribution in [2.75, 3.05) is 19.3 Å². The highest BCUT2D eigenvalue weighted by molar-refractivity contribution is 5.40. The van der Waals surface area contributed by atoms with Crippen LogP contribution in [0.1, 0.15) is 11.1 Å². The monoisotopic (exact) mass is 276 g/mol. The van der Waals surface area contributed by atoms with Gasteiger partial charge in [0.2, 0.25) is 0 Å². The summed E-state index contributed by atoms with van der Waals surface area (Å²) in [5, 5.41) is 0. The molecule has 4 heteroatoms. The van der Waals surface area contributed by atoms with Crippen molar-refractivity contribution in [2.45, 2.75) is 12.5 Å². The predicted molar refractivity (Wildman–Crippen MR) is 77.5 cm³/mol. The Hall–Kier alpha value is -1.94. The van der Waals surface area contributed by atoms with Gasteiger partial charge in [-0.3, -0.25) is 4.90 Å². The first-order valence-corrected chi connectivity index (χ1v) is 6.44. The van der Waals surface area contributed by atoms with E-state index in [2.05, 4.69) is 0 Å². The van der Waals surface area contributed by atoms with Crippen molar-refractivity contribution in [3.05, 3.63) is 65.7 Å². The van der Waals surface area contributed by atoms with Gasteiger partial charge in [0, 0.05) is 17.8 Å². The molecule has 0 bridgehead atoms. The van der Waals surface area contributed by atoms with Gasteiger partial charge in [-0.05, 0) is 24.7 Å². The summed E-state index contributed by atoms with van der Waals surface area (Å²) < 4.78 is 28.2. The van der Waals surface area contributed by atoms with E-state index in [-0.39, 0.29) is 12.1 Å². The van der Waals surface area contributed by atoms with Gasteiger partial charge in [0.25, 0.3) is 5.92 Å². The van der Waals surface area contributed by atoms with Gasteiger partial charge in [0.15, 0.2) is 0 Å². The normalized spacial score (nSPS) is 11.8. The highest BCUT2D eigenvalue weighted by atomic mass is 19.3. The van der Waals surface area contributed by atoms with Crippen molar-refractivity contribution in [3.63, 3.8) is 0 Å². The van der Waals surface area contributed by atoms with Crippen LogP contribution in [0, 0.1) is 0 Å². The van der Waals surface area contributed by atoms with E-state index in [9.17, 15) is 8.78 Å². The minimum Gasteiger partial charge on any atom is -0.399 e. The van der Waals surface area contributed by atoms with Crippen LogP contribution < -0.4 is 5.73 Å². The number of nitrogens with zero attached hydrogens (tertiary/aromatic N) is 1. The van der Waals surface area contributed by atoms with Crippen molar-refractivity contribution >= 4 is 5.69 Å². The minimum absolute atomic E-state index is 0.0411. The van der Waals surface area contributed by atoms with Crippen molar-refractivity contribution in [3.8, 4) is 0 Å². The Morgan fingerprint density at radius 3 is 2.40 bits per heavy atom. The minimum atomic E-state index is -2.86. The average molecular weight is 276 g/mol. The number of benzene rings is 2. The molecule has 0 unspecified atom stereocenters. The first kappa shape index (κ1) is 14.5. The van der Waals surface area contributed by atoms with Crippen LogP contribution in [0.5, 0.6) is 0 Å². The standard InChI is InChI=1S/C16H18F2N2/c1-20(11-13-6-5-9-15(19)10-13)12-16(17,18)14-7-3-2-4-8-14/h2-10H,11-12,19H2,1H3. The van der Waals surface area contributed by atoms with Crippen LogP contribution >= 0.6 is 0 Å². The summed E-state index contributed by atoms with van der Waals surface area (Å²) >= 11 is 0. The lowest BCUT2D eigenvalue weighted by atomic mass is 10.1. The van der Waals surface area contributed by atoms with Gasteiger partial charge in [-0.15, -0.1) is 0 Å². The van der Waals surface area contributed by atoms with E-state index in [1.165, 1.54) is 12.1 Å².